The molecule has 1 aromatic carbocycles. The molecule has 1 saturated heterocycles. The summed E-state index contributed by atoms with van der Waals surface area (Å²) in [6, 6.07) is 12.7. The van der Waals surface area contributed by atoms with Crippen LogP contribution >= 0.6 is 11.3 Å². The van der Waals surface area contributed by atoms with Crippen LogP contribution in [0.1, 0.15) is 33.8 Å². The van der Waals surface area contributed by atoms with E-state index >= 15 is 0 Å². The molecule has 3 rings (SSSR count). The summed E-state index contributed by atoms with van der Waals surface area (Å²) in [5.74, 6) is 0.0204. The van der Waals surface area contributed by atoms with Crippen molar-refractivity contribution in [2.75, 3.05) is 0 Å². The van der Waals surface area contributed by atoms with Gasteiger partial charge in [0, 0.05) is 17.7 Å². The lowest BCUT2D eigenvalue weighted by Gasteiger charge is -2.28. The highest BCUT2D eigenvalue weighted by molar-refractivity contribution is 7.92. The van der Waals surface area contributed by atoms with Crippen LogP contribution in [0.5, 0.6) is 0 Å². The predicted octanol–water partition coefficient (Wildman–Crippen LogP) is 3.31. The number of benzene rings is 1. The van der Waals surface area contributed by atoms with Gasteiger partial charge >= 0.3 is 0 Å². The minimum atomic E-state index is -3.38. The van der Waals surface area contributed by atoms with Crippen molar-refractivity contribution >= 4 is 27.0 Å². The second-order valence-electron chi connectivity index (χ2n) is 4.94. The average Bonchev–Trinajstić information content (AvgIpc) is 2.95. The fourth-order valence-corrected chi connectivity index (χ4v) is 6.09. The Morgan fingerprint density at radius 1 is 0.950 bits per heavy atom. The topological polar surface area (TPSA) is 51.2 Å². The molecule has 2 atom stereocenters. The molecule has 1 aliphatic heterocycles. The van der Waals surface area contributed by atoms with Crippen LogP contribution in [0.2, 0.25) is 0 Å². The Morgan fingerprint density at radius 3 is 2.30 bits per heavy atom. The maximum absolute atomic E-state index is 12.8. The van der Waals surface area contributed by atoms with Crippen molar-refractivity contribution in [3.63, 3.8) is 0 Å². The van der Waals surface area contributed by atoms with Gasteiger partial charge in [0.1, 0.15) is 11.0 Å². The van der Waals surface area contributed by atoms with Gasteiger partial charge in [0.25, 0.3) is 0 Å². The van der Waals surface area contributed by atoms with Crippen LogP contribution in [0, 0.1) is 0 Å². The van der Waals surface area contributed by atoms with Gasteiger partial charge in [-0.25, -0.2) is 8.42 Å². The van der Waals surface area contributed by atoms with Crippen molar-refractivity contribution in [2.45, 2.75) is 23.3 Å². The van der Waals surface area contributed by atoms with Crippen molar-refractivity contribution in [1.29, 1.82) is 0 Å². The minimum Gasteiger partial charge on any atom is -0.300 e. The summed E-state index contributed by atoms with van der Waals surface area (Å²) < 4.78 is 25.6. The van der Waals surface area contributed by atoms with E-state index in [4.69, 9.17) is 0 Å². The van der Waals surface area contributed by atoms with Gasteiger partial charge in [0.05, 0.1) is 5.25 Å². The fourth-order valence-electron chi connectivity index (χ4n) is 2.64. The monoisotopic (exact) mass is 306 g/mol. The number of carbonyl (C=O) groups is 1. The number of hydrogen-bond donors (Lipinski definition) is 0. The molecule has 2 unspecified atom stereocenters. The molecule has 0 saturated carbocycles. The highest BCUT2D eigenvalue weighted by atomic mass is 32.2. The Hall–Kier alpha value is -1.46. The smallest absolute Gasteiger partial charge is 0.165 e. The molecule has 20 heavy (non-hydrogen) atoms. The van der Waals surface area contributed by atoms with Gasteiger partial charge in [0.15, 0.2) is 9.84 Å². The first-order valence-electron chi connectivity index (χ1n) is 6.42. The van der Waals surface area contributed by atoms with Crippen LogP contribution in [0.3, 0.4) is 0 Å². The molecule has 2 heterocycles. The second-order valence-corrected chi connectivity index (χ2v) is 8.23. The van der Waals surface area contributed by atoms with Gasteiger partial charge in [-0.15, -0.1) is 11.3 Å². The van der Waals surface area contributed by atoms with Crippen molar-refractivity contribution in [3.8, 4) is 0 Å². The average molecular weight is 306 g/mol. The van der Waals surface area contributed by atoms with Crippen LogP contribution in [0.25, 0.3) is 0 Å². The van der Waals surface area contributed by atoms with Crippen molar-refractivity contribution in [1.82, 2.24) is 0 Å². The van der Waals surface area contributed by atoms with E-state index < -0.39 is 20.3 Å². The summed E-state index contributed by atoms with van der Waals surface area (Å²) >= 11 is 1.40. The van der Waals surface area contributed by atoms with E-state index in [0.717, 1.165) is 4.88 Å². The lowest BCUT2D eigenvalue weighted by molar-refractivity contribution is -0.119. The molecule has 0 amide bonds. The highest BCUT2D eigenvalue weighted by Gasteiger charge is 2.43. The van der Waals surface area contributed by atoms with E-state index in [1.165, 1.54) is 11.3 Å². The van der Waals surface area contributed by atoms with E-state index in [-0.39, 0.29) is 18.6 Å². The molecular weight excluding hydrogens is 292 g/mol. The molecule has 5 heteroatoms. The number of sulfone groups is 1. The quantitative estimate of drug-likeness (QED) is 0.855. The van der Waals surface area contributed by atoms with Crippen LogP contribution < -0.4 is 0 Å². The van der Waals surface area contributed by atoms with E-state index in [1.54, 1.807) is 18.2 Å². The van der Waals surface area contributed by atoms with Crippen LogP contribution in [-0.2, 0) is 14.6 Å². The molecule has 0 N–H and O–H groups in total. The second kappa shape index (κ2) is 5.14. The van der Waals surface area contributed by atoms with Gasteiger partial charge < -0.3 is 0 Å². The van der Waals surface area contributed by atoms with Crippen molar-refractivity contribution < 1.29 is 13.2 Å². The third-order valence-electron chi connectivity index (χ3n) is 3.65. The normalized spacial score (nSPS) is 25.5. The number of thiophene rings is 1. The standard InChI is InChI=1S/C15H14O3S2/c16-12-9-14(11-5-2-1-3-6-11)20(17,18)15(10-12)13-7-4-8-19-13/h1-8,14-15H,9-10H2. The van der Waals surface area contributed by atoms with Gasteiger partial charge in [-0.3, -0.25) is 4.79 Å². The summed E-state index contributed by atoms with van der Waals surface area (Å²) in [6.07, 6.45) is 0.195. The first-order chi connectivity index (χ1) is 9.59. The van der Waals surface area contributed by atoms with E-state index in [1.807, 2.05) is 29.6 Å². The summed E-state index contributed by atoms with van der Waals surface area (Å²) in [5, 5.41) is 0.451. The first-order valence-corrected chi connectivity index (χ1v) is 8.90. The zero-order chi connectivity index (χ0) is 14.2. The third kappa shape index (κ3) is 2.31. The van der Waals surface area contributed by atoms with E-state index in [0.29, 0.717) is 5.56 Å². The first kappa shape index (κ1) is 13.5. The largest absolute Gasteiger partial charge is 0.300 e. The minimum absolute atomic E-state index is 0.0204. The maximum Gasteiger partial charge on any atom is 0.165 e. The SMILES string of the molecule is O=C1CC(c2ccccc2)S(=O)(=O)C(c2cccs2)C1. The number of rotatable bonds is 2. The zero-order valence-corrected chi connectivity index (χ0v) is 12.4. The molecule has 1 aromatic heterocycles. The van der Waals surface area contributed by atoms with E-state index in [2.05, 4.69) is 0 Å². The molecule has 3 nitrogen and oxygen atoms in total. The maximum atomic E-state index is 12.8. The molecular formula is C15H14O3S2. The molecule has 1 aliphatic rings. The molecule has 2 aromatic rings. The Morgan fingerprint density at radius 2 is 1.65 bits per heavy atom. The molecule has 0 spiro atoms. The van der Waals surface area contributed by atoms with Crippen molar-refractivity contribution in [2.24, 2.45) is 0 Å². The predicted molar refractivity (Wildman–Crippen MR) is 79.4 cm³/mol. The lowest BCUT2D eigenvalue weighted by atomic mass is 10.0. The Balaban J connectivity index is 2.06. The number of ketones is 1. The Kier molecular flexibility index (Phi) is 3.48. The molecule has 0 bridgehead atoms. The Labute approximate surface area is 122 Å². The van der Waals surface area contributed by atoms with Gasteiger partial charge in [-0.1, -0.05) is 36.4 Å². The van der Waals surface area contributed by atoms with Crippen LogP contribution in [-0.4, -0.2) is 14.2 Å². The zero-order valence-electron chi connectivity index (χ0n) is 10.7. The number of hydrogen-bond acceptors (Lipinski definition) is 4. The van der Waals surface area contributed by atoms with Crippen LogP contribution in [0.4, 0.5) is 0 Å². The fraction of sp³-hybridized carbons (Fsp3) is 0.267. The third-order valence-corrected chi connectivity index (χ3v) is 7.23. The highest BCUT2D eigenvalue weighted by Crippen LogP contribution is 2.44. The van der Waals surface area contributed by atoms with Gasteiger partial charge in [-0.2, -0.15) is 0 Å². The Bertz CT molecular complexity index is 703. The molecule has 0 aliphatic carbocycles. The number of carbonyl (C=O) groups excluding carboxylic acids is 1. The summed E-state index contributed by atoms with van der Waals surface area (Å²) in [5.41, 5.74) is 0.710. The molecule has 1 fully saturated rings. The summed E-state index contributed by atoms with van der Waals surface area (Å²) in [7, 11) is -3.38. The molecule has 0 radical (unpaired) electrons. The van der Waals surface area contributed by atoms with Crippen molar-refractivity contribution in [3.05, 3.63) is 58.3 Å². The summed E-state index contributed by atoms with van der Waals surface area (Å²) in [6.45, 7) is 0. The lowest BCUT2D eigenvalue weighted by Crippen LogP contribution is -2.30. The van der Waals surface area contributed by atoms with E-state index in [9.17, 15) is 13.2 Å². The number of Topliss-reactive ketones (excluding diaryl/α,β-unsaturated/α-hetero) is 1. The van der Waals surface area contributed by atoms with Gasteiger partial charge in [-0.05, 0) is 17.0 Å². The van der Waals surface area contributed by atoms with Crippen LogP contribution in [0.15, 0.2) is 47.8 Å². The summed E-state index contributed by atoms with van der Waals surface area (Å²) in [4.78, 5) is 12.7. The molecule has 104 valence electrons. The van der Waals surface area contributed by atoms with Gasteiger partial charge in [0.2, 0.25) is 0 Å².